The summed E-state index contributed by atoms with van der Waals surface area (Å²) in [6.07, 6.45) is 1.90. The topological polar surface area (TPSA) is 76.7 Å². The zero-order valence-electron chi connectivity index (χ0n) is 15.5. The van der Waals surface area contributed by atoms with Crippen LogP contribution in [-0.4, -0.2) is 40.8 Å². The Morgan fingerprint density at radius 3 is 2.48 bits per heavy atom. The molecule has 1 atom stereocenters. The third-order valence-electron chi connectivity index (χ3n) is 4.74. The number of benzene rings is 2. The average molecular weight is 391 g/mol. The van der Waals surface area contributed by atoms with Gasteiger partial charge in [0.25, 0.3) is 0 Å². The summed E-state index contributed by atoms with van der Waals surface area (Å²) in [6, 6.07) is 16.3. The van der Waals surface area contributed by atoms with Gasteiger partial charge < -0.3 is 14.8 Å². The minimum atomic E-state index is -3.59. The van der Waals surface area contributed by atoms with Crippen molar-refractivity contribution in [3.8, 4) is 5.75 Å². The second kappa shape index (κ2) is 8.84. The van der Waals surface area contributed by atoms with Crippen molar-refractivity contribution in [2.45, 2.75) is 29.9 Å². The van der Waals surface area contributed by atoms with Gasteiger partial charge in [-0.2, -0.15) is 0 Å². The normalized spacial score (nSPS) is 19.9. The minimum Gasteiger partial charge on any atom is -0.489 e. The molecule has 1 aliphatic heterocycles. The number of methoxy groups -OCH3 is 1. The summed E-state index contributed by atoms with van der Waals surface area (Å²) in [7, 11) is -1.96. The van der Waals surface area contributed by atoms with Crippen molar-refractivity contribution in [2.24, 2.45) is 0 Å². The van der Waals surface area contributed by atoms with E-state index in [2.05, 4.69) is 10.0 Å². The van der Waals surface area contributed by atoms with E-state index in [1.807, 2.05) is 30.3 Å². The van der Waals surface area contributed by atoms with Gasteiger partial charge in [-0.1, -0.05) is 30.3 Å². The molecule has 0 saturated carbocycles. The molecule has 1 heterocycles. The molecule has 3 rings (SSSR count). The van der Waals surface area contributed by atoms with E-state index in [1.54, 1.807) is 31.4 Å². The highest BCUT2D eigenvalue weighted by molar-refractivity contribution is 7.89. The summed E-state index contributed by atoms with van der Waals surface area (Å²) < 4.78 is 38.9. The van der Waals surface area contributed by atoms with E-state index in [-0.39, 0.29) is 10.4 Å². The van der Waals surface area contributed by atoms with E-state index in [4.69, 9.17) is 9.47 Å². The van der Waals surface area contributed by atoms with Crippen LogP contribution in [0.4, 0.5) is 0 Å². The van der Waals surface area contributed by atoms with Crippen molar-refractivity contribution in [1.82, 2.24) is 10.0 Å². The summed E-state index contributed by atoms with van der Waals surface area (Å²) in [6.45, 7) is 2.09. The molecule has 0 aliphatic carbocycles. The predicted octanol–water partition coefficient (Wildman–Crippen LogP) is 2.31. The van der Waals surface area contributed by atoms with Crippen LogP contribution in [0, 0.1) is 0 Å². The molecular formula is C20H26N2O4S. The Hall–Kier alpha value is -1.93. The van der Waals surface area contributed by atoms with Crippen molar-refractivity contribution in [2.75, 3.05) is 26.8 Å². The second-order valence-electron chi connectivity index (χ2n) is 6.81. The molecule has 1 unspecified atom stereocenters. The van der Waals surface area contributed by atoms with Gasteiger partial charge in [0.1, 0.15) is 12.4 Å². The van der Waals surface area contributed by atoms with E-state index in [0.29, 0.717) is 25.5 Å². The number of sulfonamides is 1. The van der Waals surface area contributed by atoms with Gasteiger partial charge in [0.2, 0.25) is 10.0 Å². The van der Waals surface area contributed by atoms with E-state index in [1.165, 1.54) is 0 Å². The number of hydrogen-bond donors (Lipinski definition) is 2. The van der Waals surface area contributed by atoms with Crippen LogP contribution in [0.5, 0.6) is 5.75 Å². The van der Waals surface area contributed by atoms with Crippen molar-refractivity contribution in [3.63, 3.8) is 0 Å². The van der Waals surface area contributed by atoms with Crippen LogP contribution in [0.2, 0.25) is 0 Å². The molecule has 0 aromatic heterocycles. The van der Waals surface area contributed by atoms with Crippen molar-refractivity contribution in [3.05, 3.63) is 60.2 Å². The number of hydrogen-bond acceptors (Lipinski definition) is 5. The van der Waals surface area contributed by atoms with Gasteiger partial charge in [0.05, 0.1) is 17.0 Å². The smallest absolute Gasteiger partial charge is 0.240 e. The molecule has 2 N–H and O–H groups in total. The maximum Gasteiger partial charge on any atom is 0.240 e. The van der Waals surface area contributed by atoms with Gasteiger partial charge in [0, 0.05) is 13.7 Å². The lowest BCUT2D eigenvalue weighted by Gasteiger charge is -2.28. The first kappa shape index (κ1) is 19.8. The van der Waals surface area contributed by atoms with Crippen LogP contribution < -0.4 is 14.8 Å². The largest absolute Gasteiger partial charge is 0.489 e. The second-order valence-corrected chi connectivity index (χ2v) is 8.58. The zero-order valence-corrected chi connectivity index (χ0v) is 16.3. The minimum absolute atomic E-state index is 0.222. The Labute approximate surface area is 160 Å². The van der Waals surface area contributed by atoms with Crippen LogP contribution in [0.25, 0.3) is 0 Å². The van der Waals surface area contributed by atoms with E-state index in [9.17, 15) is 8.42 Å². The molecule has 1 fully saturated rings. The Balaban J connectivity index is 1.59. The summed E-state index contributed by atoms with van der Waals surface area (Å²) in [5, 5.41) is 3.36. The van der Waals surface area contributed by atoms with E-state index in [0.717, 1.165) is 24.9 Å². The molecule has 0 bridgehead atoms. The fourth-order valence-corrected chi connectivity index (χ4v) is 4.37. The van der Waals surface area contributed by atoms with Crippen molar-refractivity contribution in [1.29, 1.82) is 0 Å². The fraction of sp³-hybridized carbons (Fsp3) is 0.400. The quantitative estimate of drug-likeness (QED) is 0.687. The van der Waals surface area contributed by atoms with Gasteiger partial charge in [-0.05, 0) is 49.2 Å². The lowest BCUT2D eigenvalue weighted by molar-refractivity contribution is 0.122. The first-order valence-electron chi connectivity index (χ1n) is 9.03. The van der Waals surface area contributed by atoms with Gasteiger partial charge in [-0.15, -0.1) is 0 Å². The number of ether oxygens (including phenoxy) is 2. The highest BCUT2D eigenvalue weighted by Gasteiger charge is 2.34. The van der Waals surface area contributed by atoms with Gasteiger partial charge >= 0.3 is 0 Å². The summed E-state index contributed by atoms with van der Waals surface area (Å²) in [5.74, 6) is 0.631. The molecule has 27 heavy (non-hydrogen) atoms. The van der Waals surface area contributed by atoms with Gasteiger partial charge in [0.15, 0.2) is 0 Å². The molecule has 7 heteroatoms. The first-order valence-corrected chi connectivity index (χ1v) is 10.5. The molecule has 146 valence electrons. The monoisotopic (exact) mass is 390 g/mol. The Kier molecular flexibility index (Phi) is 6.49. The van der Waals surface area contributed by atoms with Crippen LogP contribution in [0.3, 0.4) is 0 Å². The maximum atomic E-state index is 12.6. The summed E-state index contributed by atoms with van der Waals surface area (Å²) in [4.78, 5) is 0.222. The van der Waals surface area contributed by atoms with Crippen LogP contribution in [0.15, 0.2) is 59.5 Å². The van der Waals surface area contributed by atoms with Crippen LogP contribution >= 0.6 is 0 Å². The lowest BCUT2D eigenvalue weighted by Crippen LogP contribution is -2.52. The molecular weight excluding hydrogens is 364 g/mol. The Morgan fingerprint density at radius 1 is 1.11 bits per heavy atom. The predicted molar refractivity (Wildman–Crippen MR) is 104 cm³/mol. The standard InChI is InChI=1S/C20H26N2O4S/c1-25-16-20(12-5-13-21-20)15-22-27(23,24)19-10-8-18(9-11-19)26-14-17-6-3-2-4-7-17/h2-4,6-11,21-22H,5,12-16H2,1H3. The molecule has 2 aromatic rings. The highest BCUT2D eigenvalue weighted by atomic mass is 32.2. The molecule has 6 nitrogen and oxygen atoms in total. The van der Waals surface area contributed by atoms with Crippen molar-refractivity contribution < 1.29 is 17.9 Å². The third-order valence-corrected chi connectivity index (χ3v) is 6.15. The maximum absolute atomic E-state index is 12.6. The van der Waals surface area contributed by atoms with E-state index < -0.39 is 10.0 Å². The SMILES string of the molecule is COCC1(CNS(=O)(=O)c2ccc(OCc3ccccc3)cc2)CCCN1. The fourth-order valence-electron chi connectivity index (χ4n) is 3.24. The zero-order chi connectivity index (χ0) is 19.2. The molecule has 2 aromatic carbocycles. The lowest BCUT2D eigenvalue weighted by atomic mass is 9.99. The molecule has 1 saturated heterocycles. The van der Waals surface area contributed by atoms with Gasteiger partial charge in [-0.25, -0.2) is 13.1 Å². The Bertz CT molecular complexity index is 817. The third kappa shape index (κ3) is 5.29. The first-order chi connectivity index (χ1) is 13.0. The van der Waals surface area contributed by atoms with Gasteiger partial charge in [-0.3, -0.25) is 0 Å². The number of nitrogens with one attached hydrogen (secondary N) is 2. The molecule has 0 amide bonds. The van der Waals surface area contributed by atoms with Crippen LogP contribution in [-0.2, 0) is 21.4 Å². The summed E-state index contributed by atoms with van der Waals surface area (Å²) >= 11 is 0. The Morgan fingerprint density at radius 2 is 1.85 bits per heavy atom. The summed E-state index contributed by atoms with van der Waals surface area (Å²) in [5.41, 5.74) is 0.726. The molecule has 0 spiro atoms. The number of rotatable bonds is 9. The van der Waals surface area contributed by atoms with E-state index >= 15 is 0 Å². The van der Waals surface area contributed by atoms with Crippen LogP contribution in [0.1, 0.15) is 18.4 Å². The van der Waals surface area contributed by atoms with Crippen molar-refractivity contribution >= 4 is 10.0 Å². The molecule has 0 radical (unpaired) electrons. The highest BCUT2D eigenvalue weighted by Crippen LogP contribution is 2.21. The molecule has 1 aliphatic rings. The average Bonchev–Trinajstić information content (AvgIpc) is 3.15.